The second-order valence-electron chi connectivity index (χ2n) is 14.1. The van der Waals surface area contributed by atoms with Gasteiger partial charge in [0.25, 0.3) is 0 Å². The van der Waals surface area contributed by atoms with Gasteiger partial charge in [-0.25, -0.2) is 0 Å². The van der Waals surface area contributed by atoms with E-state index in [0.29, 0.717) is 56.3 Å². The summed E-state index contributed by atoms with van der Waals surface area (Å²) < 4.78 is 18.1. The number of hydrogen-bond acceptors (Lipinski definition) is 7. The molecule has 7 nitrogen and oxygen atoms in total. The first-order valence-corrected chi connectivity index (χ1v) is 18.2. The van der Waals surface area contributed by atoms with E-state index in [0.717, 1.165) is 65.3 Å². The van der Waals surface area contributed by atoms with Gasteiger partial charge in [0, 0.05) is 30.6 Å². The number of aryl methyl sites for hydroxylation is 2. The number of unbranched alkanes of at least 4 members (excludes halogenated alkanes) is 1. The Labute approximate surface area is 301 Å². The Kier molecular flexibility index (Phi) is 11.9. The SMILES string of the molecule is COc1ccc2cc1OCc1ccc3c(c(O)ccc3c1)CC#CO[C@]1(C=C[C@H](CCCCc3cccc(NC[C@H](C)O)c3)CC1)CC(=O)CC2. The predicted octanol–water partition coefficient (Wildman–Crippen LogP) is 8.47. The van der Waals surface area contributed by atoms with Crippen LogP contribution >= 0.6 is 0 Å². The van der Waals surface area contributed by atoms with Crippen LogP contribution in [0.5, 0.6) is 17.2 Å². The van der Waals surface area contributed by atoms with Crippen molar-refractivity contribution >= 4 is 22.2 Å². The minimum atomic E-state index is -0.785. The molecule has 0 saturated carbocycles. The number of ketones is 1. The number of benzene rings is 4. The Morgan fingerprint density at radius 1 is 1.04 bits per heavy atom. The number of fused-ring (bicyclic) bond motifs is 7. The van der Waals surface area contributed by atoms with Crippen LogP contribution in [0.2, 0.25) is 0 Å². The molecule has 3 atom stereocenters. The molecule has 7 heteroatoms. The number of Topliss-reactive ketones (excluding diaryl/α,β-unsaturated/α-hetero) is 1. The van der Waals surface area contributed by atoms with Gasteiger partial charge < -0.3 is 29.7 Å². The molecule has 0 fully saturated rings. The van der Waals surface area contributed by atoms with Crippen molar-refractivity contribution < 1.29 is 29.2 Å². The smallest absolute Gasteiger partial charge is 0.161 e. The van der Waals surface area contributed by atoms with Gasteiger partial charge in [-0.05, 0) is 121 Å². The van der Waals surface area contributed by atoms with Crippen molar-refractivity contribution in [2.75, 3.05) is 19.0 Å². The average molecular weight is 688 g/mol. The molecule has 1 aliphatic carbocycles. The van der Waals surface area contributed by atoms with Gasteiger partial charge in [-0.15, -0.1) is 0 Å². The number of phenolic OH excluding ortho intramolecular Hbond substituents is 1. The summed E-state index contributed by atoms with van der Waals surface area (Å²) in [4.78, 5) is 13.5. The molecule has 0 amide bonds. The third-order valence-electron chi connectivity index (χ3n) is 10.0. The van der Waals surface area contributed by atoms with Crippen molar-refractivity contribution in [3.63, 3.8) is 0 Å². The number of anilines is 1. The molecule has 0 unspecified atom stereocenters. The van der Waals surface area contributed by atoms with Crippen LogP contribution in [0.15, 0.2) is 84.9 Å². The van der Waals surface area contributed by atoms with Crippen LogP contribution in [0, 0.1) is 17.9 Å². The fourth-order valence-electron chi connectivity index (χ4n) is 7.09. The highest BCUT2D eigenvalue weighted by atomic mass is 16.5. The van der Waals surface area contributed by atoms with Gasteiger partial charge in [0.15, 0.2) is 11.5 Å². The maximum absolute atomic E-state index is 13.5. The zero-order valence-corrected chi connectivity index (χ0v) is 29.8. The van der Waals surface area contributed by atoms with Crippen molar-refractivity contribution in [2.45, 2.75) is 89.4 Å². The Bertz CT molecular complexity index is 1920. The van der Waals surface area contributed by atoms with Gasteiger partial charge >= 0.3 is 0 Å². The summed E-state index contributed by atoms with van der Waals surface area (Å²) >= 11 is 0. The van der Waals surface area contributed by atoms with Gasteiger partial charge in [0.1, 0.15) is 29.8 Å². The van der Waals surface area contributed by atoms with E-state index in [1.165, 1.54) is 5.56 Å². The Hall–Kier alpha value is -4.93. The first-order valence-electron chi connectivity index (χ1n) is 18.2. The number of aliphatic hydroxyl groups is 1. The highest BCUT2D eigenvalue weighted by Gasteiger charge is 2.35. The van der Waals surface area contributed by atoms with Crippen LogP contribution in [0.3, 0.4) is 0 Å². The summed E-state index contributed by atoms with van der Waals surface area (Å²) in [6.45, 7) is 2.67. The topological polar surface area (TPSA) is 97.2 Å². The molecule has 4 aromatic rings. The second-order valence-corrected chi connectivity index (χ2v) is 14.1. The minimum Gasteiger partial charge on any atom is -0.508 e. The van der Waals surface area contributed by atoms with Crippen molar-refractivity contribution in [3.05, 3.63) is 107 Å². The molecule has 0 saturated heterocycles. The number of carbonyl (C=O) groups is 1. The van der Waals surface area contributed by atoms with Gasteiger partial charge in [-0.3, -0.25) is 4.79 Å². The van der Waals surface area contributed by atoms with Crippen LogP contribution in [0.4, 0.5) is 5.69 Å². The Morgan fingerprint density at radius 3 is 2.75 bits per heavy atom. The Balaban J connectivity index is 1.16. The molecule has 3 aliphatic rings. The van der Waals surface area contributed by atoms with Crippen molar-refractivity contribution in [2.24, 2.45) is 5.92 Å². The zero-order valence-electron chi connectivity index (χ0n) is 29.8. The molecule has 7 rings (SSSR count). The first-order chi connectivity index (χ1) is 24.8. The van der Waals surface area contributed by atoms with Crippen molar-refractivity contribution in [1.82, 2.24) is 0 Å². The van der Waals surface area contributed by atoms with Crippen LogP contribution in [0.1, 0.15) is 74.1 Å². The largest absolute Gasteiger partial charge is 0.508 e. The van der Waals surface area contributed by atoms with E-state index in [4.69, 9.17) is 14.2 Å². The number of aromatic hydroxyl groups is 1. The first kappa shape index (κ1) is 35.9. The van der Waals surface area contributed by atoms with Crippen molar-refractivity contribution in [1.29, 1.82) is 0 Å². The standard InChI is InChI=1S/C44H49NO6/c1-31(46)29-45-37-10-5-9-33(26-37)8-4-3-7-32-20-22-44(23-21-32)28-38(47)16-12-34-14-19-42(49-2)43(27-34)50-30-35-13-17-39-36(25-35)15-18-41(48)40(39)11-6-24-51-44/h5,9-10,13-15,17-20,22,25-27,31-32,45-46,48H,3-4,7-8,11-12,16,21,23,28-30H2,1-2H3/t31-,32-,44-/m0/s1. The fraction of sp³-hybridized carbons (Fsp3) is 0.386. The number of ether oxygens (including phenoxy) is 3. The number of rotatable bonds is 9. The maximum Gasteiger partial charge on any atom is 0.161 e. The van der Waals surface area contributed by atoms with E-state index in [-0.39, 0.29) is 24.1 Å². The quantitative estimate of drug-likeness (QED) is 0.0923. The summed E-state index contributed by atoms with van der Waals surface area (Å²) in [5, 5.41) is 25.5. The number of aliphatic hydroxyl groups excluding tert-OH is 1. The molecule has 2 aliphatic heterocycles. The lowest BCUT2D eigenvalue weighted by Crippen LogP contribution is -2.35. The molecule has 2 heterocycles. The summed E-state index contributed by atoms with van der Waals surface area (Å²) in [6.07, 6.45) is 14.4. The highest BCUT2D eigenvalue weighted by Crippen LogP contribution is 2.36. The summed E-state index contributed by atoms with van der Waals surface area (Å²) in [5.41, 5.74) is 4.29. The number of phenols is 1. The van der Waals surface area contributed by atoms with Crippen LogP contribution < -0.4 is 14.8 Å². The third-order valence-corrected chi connectivity index (χ3v) is 10.0. The van der Waals surface area contributed by atoms with Gasteiger partial charge in [-0.2, -0.15) is 0 Å². The molecule has 51 heavy (non-hydrogen) atoms. The maximum atomic E-state index is 13.5. The van der Waals surface area contributed by atoms with E-state index >= 15 is 0 Å². The predicted molar refractivity (Wildman–Crippen MR) is 202 cm³/mol. The summed E-state index contributed by atoms with van der Waals surface area (Å²) in [7, 11) is 1.63. The van der Waals surface area contributed by atoms with E-state index in [9.17, 15) is 15.0 Å². The number of methoxy groups -OCH3 is 1. The van der Waals surface area contributed by atoms with Crippen LogP contribution in [-0.4, -0.2) is 41.4 Å². The number of hydrogen-bond donors (Lipinski definition) is 3. The minimum absolute atomic E-state index is 0.126. The summed E-state index contributed by atoms with van der Waals surface area (Å²) in [5.74, 6) is 5.17. The molecule has 266 valence electrons. The van der Waals surface area contributed by atoms with E-state index in [2.05, 4.69) is 53.8 Å². The molecular weight excluding hydrogens is 638 g/mol. The van der Waals surface area contributed by atoms with Gasteiger partial charge in [-0.1, -0.05) is 54.8 Å². The normalized spacial score (nSPS) is 19.7. The number of nitrogens with one attached hydrogen (secondary N) is 1. The molecule has 1 spiro atoms. The molecule has 0 radical (unpaired) electrons. The van der Waals surface area contributed by atoms with Crippen LogP contribution in [-0.2, 0) is 35.4 Å². The lowest BCUT2D eigenvalue weighted by atomic mass is 9.79. The lowest BCUT2D eigenvalue weighted by molar-refractivity contribution is -0.122. The fourth-order valence-corrected chi connectivity index (χ4v) is 7.09. The molecule has 0 aromatic heterocycles. The number of carbonyl (C=O) groups excluding carboxylic acids is 1. The molecule has 3 N–H and O–H groups in total. The van der Waals surface area contributed by atoms with Crippen molar-refractivity contribution in [3.8, 4) is 29.3 Å². The van der Waals surface area contributed by atoms with Crippen LogP contribution in [0.25, 0.3) is 10.8 Å². The van der Waals surface area contributed by atoms with E-state index < -0.39 is 5.60 Å². The van der Waals surface area contributed by atoms with Gasteiger partial charge in [0.2, 0.25) is 0 Å². The molecule has 4 aromatic carbocycles. The molecular formula is C44H49NO6. The average Bonchev–Trinajstić information content (AvgIpc) is 3.14. The second kappa shape index (κ2) is 16.9. The third kappa shape index (κ3) is 9.65. The van der Waals surface area contributed by atoms with E-state index in [1.807, 2.05) is 42.5 Å². The Morgan fingerprint density at radius 2 is 1.92 bits per heavy atom. The lowest BCUT2D eigenvalue weighted by Gasteiger charge is -2.33. The molecule has 6 bridgehead atoms. The zero-order chi connectivity index (χ0) is 35.6. The highest BCUT2D eigenvalue weighted by molar-refractivity contribution is 5.88. The van der Waals surface area contributed by atoms with E-state index in [1.54, 1.807) is 20.1 Å². The number of allylic oxidation sites excluding steroid dienone is 1. The summed E-state index contributed by atoms with van der Waals surface area (Å²) in [6, 6.07) is 24.0. The van der Waals surface area contributed by atoms with Gasteiger partial charge in [0.05, 0.1) is 19.6 Å². The monoisotopic (exact) mass is 687 g/mol.